The van der Waals surface area contributed by atoms with Crippen LogP contribution in [0.1, 0.15) is 12.8 Å². The topological polar surface area (TPSA) is 9.23 Å². The Labute approximate surface area is 63.0 Å². The molecule has 1 heterocycles. The highest BCUT2D eigenvalue weighted by Gasteiger charge is 2.60. The molecule has 0 N–H and O–H groups in total. The summed E-state index contributed by atoms with van der Waals surface area (Å²) in [6.07, 6.45) is 1.03. The van der Waals surface area contributed by atoms with Gasteiger partial charge in [-0.15, -0.1) is 0 Å². The van der Waals surface area contributed by atoms with E-state index < -0.39 is 18.9 Å². The number of hydrogen-bond donors (Lipinski definition) is 0. The molecule has 0 aromatic rings. The normalized spacial score (nSPS) is 43.4. The average molecular weight is 165 g/mol. The zero-order chi connectivity index (χ0) is 8.06. The summed E-state index contributed by atoms with van der Waals surface area (Å²) in [5.41, 5.74) is 0. The molecule has 1 nitrogen and oxygen atoms in total. The van der Waals surface area contributed by atoms with E-state index in [0.717, 1.165) is 6.42 Å². The molecule has 64 valence electrons. The second-order valence-corrected chi connectivity index (χ2v) is 3.34. The summed E-state index contributed by atoms with van der Waals surface area (Å²) in [4.78, 5) is 0. The quantitative estimate of drug-likeness (QED) is 0.540. The van der Waals surface area contributed by atoms with E-state index in [0.29, 0.717) is 13.0 Å². The van der Waals surface area contributed by atoms with E-state index in [2.05, 4.69) is 0 Å². The highest BCUT2D eigenvalue weighted by atomic mass is 19.4. The molecule has 0 radical (unpaired) electrons. The van der Waals surface area contributed by atoms with Crippen LogP contribution in [0.15, 0.2) is 0 Å². The molecule has 2 rings (SSSR count). The molecule has 0 aromatic carbocycles. The summed E-state index contributed by atoms with van der Waals surface area (Å²) in [6, 6.07) is 0. The van der Waals surface area contributed by atoms with Crippen molar-refractivity contribution in [2.24, 2.45) is 5.92 Å². The van der Waals surface area contributed by atoms with Crippen molar-refractivity contribution in [1.29, 1.82) is 0 Å². The molecule has 0 aromatic heterocycles. The smallest absolute Gasteiger partial charge is 0.449 e. The number of fused-ring (bicyclic) bond motifs is 1. The lowest BCUT2D eigenvalue weighted by Gasteiger charge is -2.11. The van der Waals surface area contributed by atoms with E-state index in [1.165, 1.54) is 0 Å². The van der Waals surface area contributed by atoms with E-state index in [-0.39, 0.29) is 5.92 Å². The number of halogens is 3. The molecule has 0 bridgehead atoms. The maximum Gasteiger partial charge on any atom is 0.484 e. The van der Waals surface area contributed by atoms with Crippen molar-refractivity contribution in [3.63, 3.8) is 0 Å². The lowest BCUT2D eigenvalue weighted by Crippen LogP contribution is -2.17. The molecule has 2 aliphatic rings. The van der Waals surface area contributed by atoms with Crippen LogP contribution in [0.3, 0.4) is 0 Å². The van der Waals surface area contributed by atoms with E-state index in [9.17, 15) is 12.9 Å². The van der Waals surface area contributed by atoms with Crippen molar-refractivity contribution in [2.75, 3.05) is 6.61 Å². The summed E-state index contributed by atoms with van der Waals surface area (Å²) in [7, 11) is 0. The molecule has 1 saturated carbocycles. The van der Waals surface area contributed by atoms with Crippen molar-refractivity contribution >= 4 is 6.98 Å². The van der Waals surface area contributed by atoms with Gasteiger partial charge in [-0.05, 0) is 24.6 Å². The van der Waals surface area contributed by atoms with E-state index in [1.807, 2.05) is 0 Å². The Morgan fingerprint density at radius 2 is 2.00 bits per heavy atom. The lowest BCUT2D eigenvalue weighted by atomic mass is 9.81. The Morgan fingerprint density at radius 3 is 2.45 bits per heavy atom. The van der Waals surface area contributed by atoms with Gasteiger partial charge in [0.15, 0.2) is 0 Å². The van der Waals surface area contributed by atoms with Gasteiger partial charge in [-0.3, -0.25) is 0 Å². The molecule has 0 spiro atoms. The Bertz CT molecular complexity index is 158. The summed E-state index contributed by atoms with van der Waals surface area (Å²) in [5.74, 6) is -1.28. The van der Waals surface area contributed by atoms with Gasteiger partial charge in [-0.25, -0.2) is 0 Å². The molecule has 1 saturated heterocycles. The fourth-order valence-corrected chi connectivity index (χ4v) is 1.99. The minimum Gasteiger partial charge on any atom is -0.449 e. The van der Waals surface area contributed by atoms with Gasteiger partial charge in [-0.1, -0.05) is 0 Å². The maximum absolute atomic E-state index is 12.1. The molecular weight excluding hydrogens is 156 g/mol. The van der Waals surface area contributed by atoms with Gasteiger partial charge in [0.1, 0.15) is 0 Å². The summed E-state index contributed by atoms with van der Waals surface area (Å²) < 4.78 is 41.4. The van der Waals surface area contributed by atoms with Crippen LogP contribution in [-0.2, 0) is 4.74 Å². The molecule has 0 amide bonds. The van der Waals surface area contributed by atoms with Gasteiger partial charge in [0.05, 0.1) is 0 Å². The van der Waals surface area contributed by atoms with Gasteiger partial charge in [-0.2, -0.15) is 0 Å². The molecule has 1 aliphatic heterocycles. The van der Waals surface area contributed by atoms with Crippen LogP contribution in [0, 0.1) is 5.92 Å². The number of ether oxygens (including phenoxy) is 1. The molecule has 0 unspecified atom stereocenters. The van der Waals surface area contributed by atoms with E-state index >= 15 is 0 Å². The fourth-order valence-electron chi connectivity index (χ4n) is 1.99. The standard InChI is InChI=1S/C6H9BF3O/c8-7(9,10)5-4-2-1-3-11-6(4)5/h4-6H,1-3H2/q-1/t4-,5-,6-/m1/s1. The SMILES string of the molecule is F[B-](F)(F)[C@@H]1[C@H]2CCCO[C@H]21. The second kappa shape index (κ2) is 2.15. The molecule has 2 fully saturated rings. The highest BCUT2D eigenvalue weighted by Crippen LogP contribution is 2.59. The fraction of sp³-hybridized carbons (Fsp3) is 1.00. The Morgan fingerprint density at radius 1 is 1.27 bits per heavy atom. The molecule has 3 atom stereocenters. The van der Waals surface area contributed by atoms with Crippen LogP contribution in [-0.4, -0.2) is 19.7 Å². The summed E-state index contributed by atoms with van der Waals surface area (Å²) in [6.45, 7) is -4.12. The van der Waals surface area contributed by atoms with Crippen molar-refractivity contribution in [2.45, 2.75) is 24.8 Å². The largest absolute Gasteiger partial charge is 0.484 e. The second-order valence-electron chi connectivity index (χ2n) is 3.34. The van der Waals surface area contributed by atoms with E-state index in [1.54, 1.807) is 0 Å². The third-order valence-corrected chi connectivity index (χ3v) is 2.58. The Kier molecular flexibility index (Phi) is 1.46. The van der Waals surface area contributed by atoms with Gasteiger partial charge < -0.3 is 17.7 Å². The lowest BCUT2D eigenvalue weighted by molar-refractivity contribution is 0.0788. The zero-order valence-electron chi connectivity index (χ0n) is 5.97. The maximum atomic E-state index is 12.1. The van der Waals surface area contributed by atoms with Crippen LogP contribution in [0.25, 0.3) is 0 Å². The number of hydrogen-bond acceptors (Lipinski definition) is 1. The molecule has 1 aliphatic carbocycles. The van der Waals surface area contributed by atoms with Crippen LogP contribution in [0.5, 0.6) is 0 Å². The predicted molar refractivity (Wildman–Crippen MR) is 35.3 cm³/mol. The van der Waals surface area contributed by atoms with Crippen LogP contribution >= 0.6 is 0 Å². The predicted octanol–water partition coefficient (Wildman–Crippen LogP) is 2.01. The van der Waals surface area contributed by atoms with Crippen molar-refractivity contribution < 1.29 is 17.7 Å². The number of rotatable bonds is 1. The minimum absolute atomic E-state index is 0.191. The van der Waals surface area contributed by atoms with Crippen LogP contribution < -0.4 is 0 Å². The molecular formula is C6H9BF3O-. The molecule has 11 heavy (non-hydrogen) atoms. The van der Waals surface area contributed by atoms with E-state index in [4.69, 9.17) is 4.74 Å². The van der Waals surface area contributed by atoms with Gasteiger partial charge in [0, 0.05) is 12.7 Å². The van der Waals surface area contributed by atoms with Crippen molar-refractivity contribution in [3.8, 4) is 0 Å². The molecule has 5 heteroatoms. The third kappa shape index (κ3) is 1.15. The van der Waals surface area contributed by atoms with Crippen molar-refractivity contribution in [3.05, 3.63) is 0 Å². The zero-order valence-corrected chi connectivity index (χ0v) is 5.97. The third-order valence-electron chi connectivity index (χ3n) is 2.58. The van der Waals surface area contributed by atoms with Crippen LogP contribution in [0.4, 0.5) is 12.9 Å². The van der Waals surface area contributed by atoms with Gasteiger partial charge in [0.25, 0.3) is 0 Å². The first-order chi connectivity index (χ1) is 5.11. The Balaban J connectivity index is 2.00. The van der Waals surface area contributed by atoms with Gasteiger partial charge >= 0.3 is 6.98 Å². The van der Waals surface area contributed by atoms with Crippen LogP contribution in [0.2, 0.25) is 5.82 Å². The Hall–Kier alpha value is -0.185. The highest BCUT2D eigenvalue weighted by molar-refractivity contribution is 6.61. The first-order valence-corrected chi connectivity index (χ1v) is 3.92. The van der Waals surface area contributed by atoms with Gasteiger partial charge in [0.2, 0.25) is 0 Å². The van der Waals surface area contributed by atoms with Crippen molar-refractivity contribution in [1.82, 2.24) is 0 Å². The monoisotopic (exact) mass is 165 g/mol. The first-order valence-electron chi connectivity index (χ1n) is 3.92. The first kappa shape index (κ1) is 7.46. The summed E-state index contributed by atoms with van der Waals surface area (Å²) >= 11 is 0. The summed E-state index contributed by atoms with van der Waals surface area (Å²) in [5, 5.41) is 0. The minimum atomic E-state index is -4.63. The average Bonchev–Trinajstić information content (AvgIpc) is 2.58.